The van der Waals surface area contributed by atoms with Crippen molar-refractivity contribution in [3.63, 3.8) is 0 Å². The summed E-state index contributed by atoms with van der Waals surface area (Å²) in [7, 11) is 2.82. The zero-order valence-corrected chi connectivity index (χ0v) is 15.0. The molecule has 1 aromatic carbocycles. The highest BCUT2D eigenvalue weighted by Crippen LogP contribution is 2.17. The Balaban J connectivity index is 2.94. The SMILES string of the molecule is COC(=O)C[C@H](O)[C@@H](Cc1ccccc1)N(C)C(=O)OC(C)(C)C. The van der Waals surface area contributed by atoms with E-state index in [0.29, 0.717) is 6.42 Å². The van der Waals surface area contributed by atoms with E-state index in [9.17, 15) is 14.7 Å². The van der Waals surface area contributed by atoms with Crippen LogP contribution in [0.5, 0.6) is 0 Å². The number of benzene rings is 1. The summed E-state index contributed by atoms with van der Waals surface area (Å²) < 4.78 is 9.97. The van der Waals surface area contributed by atoms with Gasteiger partial charge in [-0.15, -0.1) is 0 Å². The number of amides is 1. The maximum Gasteiger partial charge on any atom is 0.410 e. The van der Waals surface area contributed by atoms with Crippen LogP contribution in [-0.4, -0.2) is 54.0 Å². The maximum absolute atomic E-state index is 12.3. The van der Waals surface area contributed by atoms with Crippen molar-refractivity contribution >= 4 is 12.1 Å². The van der Waals surface area contributed by atoms with Crippen LogP contribution in [0.3, 0.4) is 0 Å². The predicted octanol–water partition coefficient (Wildman–Crippen LogP) is 2.39. The van der Waals surface area contributed by atoms with E-state index in [-0.39, 0.29) is 6.42 Å². The fourth-order valence-electron chi connectivity index (χ4n) is 2.25. The lowest BCUT2D eigenvalue weighted by molar-refractivity contribution is -0.143. The van der Waals surface area contributed by atoms with Crippen LogP contribution >= 0.6 is 0 Å². The second kappa shape index (κ2) is 8.68. The number of aliphatic hydroxyl groups excluding tert-OH is 1. The molecule has 0 saturated carbocycles. The number of carbonyl (C=O) groups is 2. The van der Waals surface area contributed by atoms with Gasteiger partial charge in [0.25, 0.3) is 0 Å². The van der Waals surface area contributed by atoms with Crippen LogP contribution in [0.2, 0.25) is 0 Å². The minimum atomic E-state index is -1.06. The monoisotopic (exact) mass is 337 g/mol. The zero-order valence-electron chi connectivity index (χ0n) is 15.0. The highest BCUT2D eigenvalue weighted by molar-refractivity contribution is 5.71. The Morgan fingerprint density at radius 1 is 1.21 bits per heavy atom. The second-order valence-electron chi connectivity index (χ2n) is 6.70. The van der Waals surface area contributed by atoms with Gasteiger partial charge in [0.05, 0.1) is 25.7 Å². The summed E-state index contributed by atoms with van der Waals surface area (Å²) in [5, 5.41) is 10.4. The Bertz CT molecular complexity index is 538. The fraction of sp³-hybridized carbons (Fsp3) is 0.556. The molecular weight excluding hydrogens is 310 g/mol. The van der Waals surface area contributed by atoms with Crippen molar-refractivity contribution < 1.29 is 24.2 Å². The molecule has 0 aliphatic rings. The molecule has 0 radical (unpaired) electrons. The minimum absolute atomic E-state index is 0.193. The van der Waals surface area contributed by atoms with Gasteiger partial charge in [-0.3, -0.25) is 4.79 Å². The van der Waals surface area contributed by atoms with E-state index in [0.717, 1.165) is 5.56 Å². The van der Waals surface area contributed by atoms with Crippen LogP contribution in [-0.2, 0) is 20.7 Å². The molecule has 0 bridgehead atoms. The molecule has 1 rings (SSSR count). The predicted molar refractivity (Wildman–Crippen MR) is 90.6 cm³/mol. The number of aliphatic hydroxyl groups is 1. The largest absolute Gasteiger partial charge is 0.469 e. The normalized spacial score (nSPS) is 13.8. The number of rotatable bonds is 6. The van der Waals surface area contributed by atoms with E-state index < -0.39 is 29.8 Å². The van der Waals surface area contributed by atoms with Crippen LogP contribution < -0.4 is 0 Å². The summed E-state index contributed by atoms with van der Waals surface area (Å²) in [5.41, 5.74) is 0.303. The van der Waals surface area contributed by atoms with Gasteiger partial charge in [0.1, 0.15) is 5.60 Å². The first kappa shape index (κ1) is 20.0. The molecule has 6 heteroatoms. The number of methoxy groups -OCH3 is 1. The van der Waals surface area contributed by atoms with E-state index in [1.807, 2.05) is 30.3 Å². The van der Waals surface area contributed by atoms with Crippen LogP contribution in [0.15, 0.2) is 30.3 Å². The number of esters is 1. The van der Waals surface area contributed by atoms with Gasteiger partial charge in [0.2, 0.25) is 0 Å². The standard InChI is InChI=1S/C18H27NO5/c1-18(2,3)24-17(22)19(4)14(15(20)12-16(21)23-5)11-13-9-7-6-8-10-13/h6-10,14-15,20H,11-12H2,1-5H3/t14-,15+/m1/s1. The third-order valence-corrected chi connectivity index (χ3v) is 3.51. The lowest BCUT2D eigenvalue weighted by Gasteiger charge is -2.33. The summed E-state index contributed by atoms with van der Waals surface area (Å²) in [6.07, 6.45) is -1.40. The van der Waals surface area contributed by atoms with Gasteiger partial charge in [-0.2, -0.15) is 0 Å². The highest BCUT2D eigenvalue weighted by atomic mass is 16.6. The maximum atomic E-state index is 12.3. The number of ether oxygens (including phenoxy) is 2. The molecule has 0 saturated heterocycles. The van der Waals surface area contributed by atoms with E-state index in [2.05, 4.69) is 4.74 Å². The van der Waals surface area contributed by atoms with Gasteiger partial charge in [-0.25, -0.2) is 4.79 Å². The number of carbonyl (C=O) groups excluding carboxylic acids is 2. The van der Waals surface area contributed by atoms with E-state index in [4.69, 9.17) is 4.74 Å². The Kier molecular flexibility index (Phi) is 7.22. The molecule has 0 aromatic heterocycles. The molecule has 0 spiro atoms. The average molecular weight is 337 g/mol. The molecule has 0 fully saturated rings. The molecule has 0 heterocycles. The van der Waals surface area contributed by atoms with Crippen LogP contribution in [0.4, 0.5) is 4.79 Å². The summed E-state index contributed by atoms with van der Waals surface area (Å²) in [5.74, 6) is -0.529. The Labute approximate surface area is 143 Å². The van der Waals surface area contributed by atoms with Crippen LogP contribution in [0, 0.1) is 0 Å². The van der Waals surface area contributed by atoms with E-state index >= 15 is 0 Å². The molecule has 1 N–H and O–H groups in total. The Hall–Kier alpha value is -2.08. The van der Waals surface area contributed by atoms with Crippen LogP contribution in [0.1, 0.15) is 32.8 Å². The Morgan fingerprint density at radius 3 is 2.29 bits per heavy atom. The van der Waals surface area contributed by atoms with Crippen molar-refractivity contribution in [2.24, 2.45) is 0 Å². The van der Waals surface area contributed by atoms with Crippen molar-refractivity contribution in [3.05, 3.63) is 35.9 Å². The summed E-state index contributed by atoms with van der Waals surface area (Å²) in [4.78, 5) is 25.1. The quantitative estimate of drug-likeness (QED) is 0.807. The van der Waals surface area contributed by atoms with Gasteiger partial charge in [0.15, 0.2) is 0 Å². The zero-order chi connectivity index (χ0) is 18.3. The molecule has 2 atom stereocenters. The Morgan fingerprint density at radius 2 is 1.79 bits per heavy atom. The van der Waals surface area contributed by atoms with E-state index in [1.165, 1.54) is 12.0 Å². The van der Waals surface area contributed by atoms with Gasteiger partial charge < -0.3 is 19.5 Å². The first-order valence-electron chi connectivity index (χ1n) is 7.88. The molecular formula is C18H27NO5. The summed E-state index contributed by atoms with van der Waals surface area (Å²) in [6.45, 7) is 5.32. The number of nitrogens with zero attached hydrogens (tertiary/aromatic N) is 1. The molecule has 0 aliphatic carbocycles. The second-order valence-corrected chi connectivity index (χ2v) is 6.70. The van der Waals surface area contributed by atoms with Crippen molar-refractivity contribution in [1.29, 1.82) is 0 Å². The van der Waals surface area contributed by atoms with Crippen molar-refractivity contribution in [1.82, 2.24) is 4.90 Å². The highest BCUT2D eigenvalue weighted by Gasteiger charge is 2.31. The van der Waals surface area contributed by atoms with Gasteiger partial charge in [-0.1, -0.05) is 30.3 Å². The molecule has 1 aromatic rings. The van der Waals surface area contributed by atoms with Crippen LogP contribution in [0.25, 0.3) is 0 Å². The number of likely N-dealkylation sites (N-methyl/N-ethyl adjacent to an activating group) is 1. The molecule has 1 amide bonds. The fourth-order valence-corrected chi connectivity index (χ4v) is 2.25. The van der Waals surface area contributed by atoms with E-state index in [1.54, 1.807) is 27.8 Å². The van der Waals surface area contributed by atoms with Gasteiger partial charge in [0, 0.05) is 7.05 Å². The number of hydrogen-bond acceptors (Lipinski definition) is 5. The molecule has 134 valence electrons. The van der Waals surface area contributed by atoms with Crippen molar-refractivity contribution in [3.8, 4) is 0 Å². The average Bonchev–Trinajstić information content (AvgIpc) is 2.51. The smallest absolute Gasteiger partial charge is 0.410 e. The molecule has 6 nitrogen and oxygen atoms in total. The third kappa shape index (κ3) is 6.58. The van der Waals surface area contributed by atoms with Crippen molar-refractivity contribution in [2.45, 2.75) is 51.4 Å². The van der Waals surface area contributed by atoms with Gasteiger partial charge in [-0.05, 0) is 32.8 Å². The summed E-state index contributed by atoms with van der Waals surface area (Å²) >= 11 is 0. The summed E-state index contributed by atoms with van der Waals surface area (Å²) in [6, 6.07) is 8.85. The lowest BCUT2D eigenvalue weighted by atomic mass is 9.98. The van der Waals surface area contributed by atoms with Gasteiger partial charge >= 0.3 is 12.1 Å². The molecule has 0 unspecified atom stereocenters. The topological polar surface area (TPSA) is 76.1 Å². The van der Waals surface area contributed by atoms with Crippen molar-refractivity contribution in [2.75, 3.05) is 14.2 Å². The lowest BCUT2D eigenvalue weighted by Crippen LogP contribution is -2.48. The molecule has 24 heavy (non-hydrogen) atoms. The minimum Gasteiger partial charge on any atom is -0.469 e. The first-order valence-corrected chi connectivity index (χ1v) is 7.88. The molecule has 0 aliphatic heterocycles. The number of hydrogen-bond donors (Lipinski definition) is 1. The third-order valence-electron chi connectivity index (χ3n) is 3.51. The first-order chi connectivity index (χ1) is 11.1.